The number of allylic oxidation sites excluding steroid dienone is 2. The average Bonchev–Trinajstić information content (AvgIpc) is 2.63. The molecule has 0 aliphatic carbocycles. The van der Waals surface area contributed by atoms with Crippen molar-refractivity contribution in [1.82, 2.24) is 0 Å². The summed E-state index contributed by atoms with van der Waals surface area (Å²) in [6.07, 6.45) is 25.6. The molecule has 0 radical (unpaired) electrons. The molecule has 0 heterocycles. The summed E-state index contributed by atoms with van der Waals surface area (Å²) in [7, 11) is 0. The number of carbonyl (C=O) groups is 1. The van der Waals surface area contributed by atoms with E-state index in [1.165, 1.54) is 89.9 Å². The van der Waals surface area contributed by atoms with Gasteiger partial charge >= 0.3 is 5.97 Å². The molecule has 3 heteroatoms. The molecule has 1 unspecified atom stereocenters. The lowest BCUT2D eigenvalue weighted by atomic mass is 10.0. The van der Waals surface area contributed by atoms with Crippen LogP contribution < -0.4 is 0 Å². The van der Waals surface area contributed by atoms with E-state index in [2.05, 4.69) is 19.1 Å². The highest BCUT2D eigenvalue weighted by molar-refractivity contribution is 5.71. The first-order valence-corrected chi connectivity index (χ1v) is 11.2. The van der Waals surface area contributed by atoms with Gasteiger partial charge in [0.05, 0.1) is 0 Å². The van der Waals surface area contributed by atoms with Gasteiger partial charge in [0, 0.05) is 0 Å². The van der Waals surface area contributed by atoms with Crippen LogP contribution in [-0.4, -0.2) is 22.3 Å². The monoisotopic (exact) mass is 368 g/mol. The minimum absolute atomic E-state index is 0.391. The molecule has 0 aromatic heterocycles. The Hall–Kier alpha value is -0.830. The minimum Gasteiger partial charge on any atom is -0.479 e. The Morgan fingerprint density at radius 1 is 0.692 bits per heavy atom. The van der Waals surface area contributed by atoms with E-state index in [-0.39, 0.29) is 0 Å². The van der Waals surface area contributed by atoms with Crippen LogP contribution in [0, 0.1) is 0 Å². The molecule has 0 aliphatic heterocycles. The molecule has 0 aliphatic rings. The molecule has 0 fully saturated rings. The number of carboxylic acids is 1. The molecule has 26 heavy (non-hydrogen) atoms. The van der Waals surface area contributed by atoms with Crippen molar-refractivity contribution in [2.24, 2.45) is 0 Å². The molecule has 0 aromatic carbocycles. The third-order valence-corrected chi connectivity index (χ3v) is 5.02. The Balaban J connectivity index is 3.13. The molecule has 3 nitrogen and oxygen atoms in total. The first-order chi connectivity index (χ1) is 12.7. The summed E-state index contributed by atoms with van der Waals surface area (Å²) in [4.78, 5) is 10.5. The number of hydrogen-bond donors (Lipinski definition) is 2. The number of unbranched alkanes of at least 4 members (excludes halogenated alkanes) is 15. The Morgan fingerprint density at radius 2 is 1.08 bits per heavy atom. The van der Waals surface area contributed by atoms with Crippen molar-refractivity contribution in [1.29, 1.82) is 0 Å². The summed E-state index contributed by atoms with van der Waals surface area (Å²) in [6.45, 7) is 2.27. The average molecular weight is 369 g/mol. The van der Waals surface area contributed by atoms with Gasteiger partial charge in [0.1, 0.15) is 0 Å². The van der Waals surface area contributed by atoms with Crippen LogP contribution in [0.4, 0.5) is 0 Å². The minimum atomic E-state index is -1.17. The number of hydrogen-bond acceptors (Lipinski definition) is 2. The normalized spacial score (nSPS) is 12.7. The zero-order valence-corrected chi connectivity index (χ0v) is 17.3. The van der Waals surface area contributed by atoms with Gasteiger partial charge in [-0.3, -0.25) is 0 Å². The number of aliphatic carboxylic acids is 1. The first kappa shape index (κ1) is 25.2. The SMILES string of the molecule is CCCCCCCC/C=C/CCCCCCCCCCCC(O)C(=O)O. The standard InChI is InChI=1S/C23H44O3/c1-2-3-4-5-6-7-8-9-10-11-12-13-14-15-16-17-18-19-20-21-22(24)23(25)26/h9-10,22,24H,2-8,11-21H2,1H3,(H,25,26)/b10-9+. The lowest BCUT2D eigenvalue weighted by Crippen LogP contribution is -2.18. The first-order valence-electron chi connectivity index (χ1n) is 11.2. The van der Waals surface area contributed by atoms with Crippen molar-refractivity contribution >= 4 is 5.97 Å². The largest absolute Gasteiger partial charge is 0.479 e. The zero-order chi connectivity index (χ0) is 19.3. The lowest BCUT2D eigenvalue weighted by Gasteiger charge is -2.05. The molecule has 2 N–H and O–H groups in total. The lowest BCUT2D eigenvalue weighted by molar-refractivity contribution is -0.146. The third kappa shape index (κ3) is 19.5. The van der Waals surface area contributed by atoms with E-state index in [0.29, 0.717) is 6.42 Å². The van der Waals surface area contributed by atoms with E-state index in [1.807, 2.05) is 0 Å². The highest BCUT2D eigenvalue weighted by atomic mass is 16.4. The van der Waals surface area contributed by atoms with Crippen LogP contribution in [0.15, 0.2) is 12.2 Å². The maximum absolute atomic E-state index is 10.5. The smallest absolute Gasteiger partial charge is 0.332 e. The van der Waals surface area contributed by atoms with Gasteiger partial charge in [-0.2, -0.15) is 0 Å². The molecule has 0 spiro atoms. The van der Waals surface area contributed by atoms with Gasteiger partial charge in [0.2, 0.25) is 0 Å². The van der Waals surface area contributed by atoms with E-state index < -0.39 is 12.1 Å². The molecule has 0 saturated heterocycles. The quantitative estimate of drug-likeness (QED) is 0.179. The molecule has 0 saturated carbocycles. The van der Waals surface area contributed by atoms with Crippen molar-refractivity contribution in [3.63, 3.8) is 0 Å². The molecular weight excluding hydrogens is 324 g/mol. The van der Waals surface area contributed by atoms with E-state index in [9.17, 15) is 4.79 Å². The molecule has 0 bridgehead atoms. The van der Waals surface area contributed by atoms with Gasteiger partial charge < -0.3 is 10.2 Å². The van der Waals surface area contributed by atoms with Crippen LogP contribution in [0.2, 0.25) is 0 Å². The zero-order valence-electron chi connectivity index (χ0n) is 17.3. The maximum Gasteiger partial charge on any atom is 0.332 e. The number of rotatable bonds is 20. The highest BCUT2D eigenvalue weighted by Gasteiger charge is 2.11. The van der Waals surface area contributed by atoms with Crippen LogP contribution in [0.3, 0.4) is 0 Å². The fraction of sp³-hybridized carbons (Fsp3) is 0.870. The number of aliphatic hydroxyl groups excluding tert-OH is 1. The Morgan fingerprint density at radius 3 is 1.50 bits per heavy atom. The van der Waals surface area contributed by atoms with Gasteiger partial charge in [-0.05, 0) is 32.1 Å². The summed E-state index contributed by atoms with van der Waals surface area (Å²) in [5, 5.41) is 17.7. The Bertz CT molecular complexity index is 325. The number of carboxylic acid groups (broad SMARTS) is 1. The van der Waals surface area contributed by atoms with Crippen LogP contribution in [0.25, 0.3) is 0 Å². The summed E-state index contributed by atoms with van der Waals surface area (Å²) in [5.74, 6) is -1.10. The van der Waals surface area contributed by atoms with Crippen LogP contribution in [-0.2, 0) is 4.79 Å². The van der Waals surface area contributed by atoms with Crippen molar-refractivity contribution < 1.29 is 15.0 Å². The van der Waals surface area contributed by atoms with Crippen molar-refractivity contribution in [3.05, 3.63) is 12.2 Å². The van der Waals surface area contributed by atoms with Crippen LogP contribution >= 0.6 is 0 Å². The molecule has 1 atom stereocenters. The van der Waals surface area contributed by atoms with Crippen molar-refractivity contribution in [2.75, 3.05) is 0 Å². The molecule has 0 rings (SSSR count). The molecular formula is C23H44O3. The highest BCUT2D eigenvalue weighted by Crippen LogP contribution is 2.13. The number of aliphatic hydroxyl groups is 1. The van der Waals surface area contributed by atoms with Crippen molar-refractivity contribution in [2.45, 2.75) is 129 Å². The molecule has 0 amide bonds. The van der Waals surface area contributed by atoms with Gasteiger partial charge in [-0.25, -0.2) is 4.79 Å². The predicted molar refractivity (Wildman–Crippen MR) is 112 cm³/mol. The topological polar surface area (TPSA) is 57.5 Å². The second-order valence-corrected chi connectivity index (χ2v) is 7.64. The maximum atomic E-state index is 10.5. The van der Waals surface area contributed by atoms with E-state index in [1.54, 1.807) is 0 Å². The predicted octanol–water partition coefficient (Wildman–Crippen LogP) is 7.03. The summed E-state index contributed by atoms with van der Waals surface area (Å²) < 4.78 is 0. The Labute approximate surface area is 162 Å². The van der Waals surface area contributed by atoms with Crippen LogP contribution in [0.1, 0.15) is 122 Å². The summed E-state index contributed by atoms with van der Waals surface area (Å²) in [6, 6.07) is 0. The van der Waals surface area contributed by atoms with Crippen LogP contribution in [0.5, 0.6) is 0 Å². The van der Waals surface area contributed by atoms with Gasteiger partial charge in [-0.15, -0.1) is 0 Å². The fourth-order valence-electron chi connectivity index (χ4n) is 3.24. The fourth-order valence-corrected chi connectivity index (χ4v) is 3.24. The second-order valence-electron chi connectivity index (χ2n) is 7.64. The van der Waals surface area contributed by atoms with Crippen molar-refractivity contribution in [3.8, 4) is 0 Å². The van der Waals surface area contributed by atoms with E-state index in [0.717, 1.165) is 19.3 Å². The van der Waals surface area contributed by atoms with E-state index >= 15 is 0 Å². The van der Waals surface area contributed by atoms with Gasteiger partial charge in [0.15, 0.2) is 6.10 Å². The van der Waals surface area contributed by atoms with Gasteiger partial charge in [0.25, 0.3) is 0 Å². The Kier molecular flexibility index (Phi) is 19.8. The van der Waals surface area contributed by atoms with Gasteiger partial charge in [-0.1, -0.05) is 103 Å². The summed E-state index contributed by atoms with van der Waals surface area (Å²) in [5.41, 5.74) is 0. The third-order valence-electron chi connectivity index (χ3n) is 5.02. The summed E-state index contributed by atoms with van der Waals surface area (Å²) >= 11 is 0. The second kappa shape index (κ2) is 20.5. The molecule has 0 aromatic rings. The van der Waals surface area contributed by atoms with E-state index in [4.69, 9.17) is 10.2 Å². The molecule has 154 valence electrons.